The van der Waals surface area contributed by atoms with Crippen LogP contribution in [0.15, 0.2) is 57.2 Å². The van der Waals surface area contributed by atoms with Crippen LogP contribution in [0.4, 0.5) is 0 Å². The monoisotopic (exact) mass is 562 g/mol. The van der Waals surface area contributed by atoms with Crippen molar-refractivity contribution < 1.29 is 21.6 Å². The minimum atomic E-state index is -3.91. The second-order valence-electron chi connectivity index (χ2n) is 9.40. The van der Waals surface area contributed by atoms with Gasteiger partial charge in [-0.3, -0.25) is 4.79 Å². The number of aromatic nitrogens is 1. The Hall–Kier alpha value is -2.82. The fraction of sp³-hybridized carbons (Fsp3) is 0.360. The number of primary sulfonamides is 1. The highest BCUT2D eigenvalue weighted by Crippen LogP contribution is 2.22. The van der Waals surface area contributed by atoms with E-state index in [1.165, 1.54) is 40.7 Å². The lowest BCUT2D eigenvalue weighted by atomic mass is 10.2. The van der Waals surface area contributed by atoms with Gasteiger partial charge in [-0.2, -0.15) is 9.30 Å². The number of fused-ring (bicyclic) bond motifs is 1. The van der Waals surface area contributed by atoms with Gasteiger partial charge in [-0.05, 0) is 54.3 Å². The number of benzene rings is 2. The number of thiazole rings is 1. The maximum absolute atomic E-state index is 13.2. The molecule has 37 heavy (non-hydrogen) atoms. The number of nitrogens with two attached hydrogens (primary N) is 1. The van der Waals surface area contributed by atoms with Gasteiger partial charge in [0.1, 0.15) is 0 Å². The molecule has 0 unspecified atom stereocenters. The lowest BCUT2D eigenvalue weighted by Gasteiger charge is -2.25. The van der Waals surface area contributed by atoms with Crippen LogP contribution in [0.25, 0.3) is 10.2 Å². The van der Waals surface area contributed by atoms with Gasteiger partial charge in [-0.15, -0.1) is 6.42 Å². The van der Waals surface area contributed by atoms with Gasteiger partial charge in [-0.1, -0.05) is 45.0 Å². The van der Waals surface area contributed by atoms with Crippen molar-refractivity contribution in [1.82, 2.24) is 8.87 Å². The minimum Gasteiger partial charge on any atom is -0.305 e. The van der Waals surface area contributed by atoms with E-state index in [9.17, 15) is 21.6 Å². The van der Waals surface area contributed by atoms with Crippen LogP contribution < -0.4 is 9.94 Å². The van der Waals surface area contributed by atoms with Crippen LogP contribution in [0, 0.1) is 24.2 Å². The Morgan fingerprint density at radius 3 is 2.11 bits per heavy atom. The molecule has 1 heterocycles. The number of hydrogen-bond acceptors (Lipinski definition) is 6. The molecule has 0 radical (unpaired) electrons. The number of terminal acetylenes is 1. The molecule has 3 rings (SSSR count). The summed E-state index contributed by atoms with van der Waals surface area (Å²) in [5.74, 6) is 2.23. The van der Waals surface area contributed by atoms with Crippen molar-refractivity contribution in [3.05, 3.63) is 52.8 Å². The number of hydrogen-bond donors (Lipinski definition) is 1. The highest BCUT2D eigenvalue weighted by molar-refractivity contribution is 7.89. The number of carbonyl (C=O) groups is 1. The largest absolute Gasteiger partial charge is 0.305 e. The standard InChI is InChI=1S/C25H30N4O5S3/c1-6-13-29-22-12-11-21(36(26,31)32)14-23(22)35-25(29)27-24(30)19-7-9-20(10-8-19)37(33,34)28(15-17(2)3)16-18(4)5/h1,7-12,14,17-18H,13,15-16H2,2-5H3,(H2,26,31,32). The first-order chi connectivity index (χ1) is 17.2. The maximum Gasteiger partial charge on any atom is 0.279 e. The van der Waals surface area contributed by atoms with Gasteiger partial charge in [0.2, 0.25) is 20.0 Å². The Morgan fingerprint density at radius 2 is 1.59 bits per heavy atom. The highest BCUT2D eigenvalue weighted by Gasteiger charge is 2.26. The predicted octanol–water partition coefficient (Wildman–Crippen LogP) is 3.03. The number of carbonyl (C=O) groups excluding carboxylic acids is 1. The van der Waals surface area contributed by atoms with Crippen molar-refractivity contribution in [1.29, 1.82) is 0 Å². The fourth-order valence-corrected chi connectivity index (χ4v) is 7.16. The second kappa shape index (κ2) is 11.3. The van der Waals surface area contributed by atoms with Crippen molar-refractivity contribution in [3.63, 3.8) is 0 Å². The molecular formula is C25H30N4O5S3. The molecule has 0 saturated heterocycles. The third-order valence-electron chi connectivity index (χ3n) is 5.31. The third kappa shape index (κ3) is 6.74. The molecule has 0 bridgehead atoms. The summed E-state index contributed by atoms with van der Waals surface area (Å²) in [6.07, 6.45) is 5.49. The Bertz CT molecular complexity index is 1620. The summed E-state index contributed by atoms with van der Waals surface area (Å²) in [6.45, 7) is 8.74. The molecule has 1 amide bonds. The molecule has 198 valence electrons. The van der Waals surface area contributed by atoms with E-state index in [1.54, 1.807) is 10.6 Å². The van der Waals surface area contributed by atoms with Crippen LogP contribution in [0.1, 0.15) is 38.1 Å². The van der Waals surface area contributed by atoms with Crippen LogP contribution in [0.2, 0.25) is 0 Å². The van der Waals surface area contributed by atoms with E-state index in [2.05, 4.69) is 10.9 Å². The Labute approximate surface area is 221 Å². The summed E-state index contributed by atoms with van der Waals surface area (Å²) in [4.78, 5) is 17.5. The lowest BCUT2D eigenvalue weighted by molar-refractivity contribution is 0.0997. The fourth-order valence-electron chi connectivity index (χ4n) is 3.72. The molecule has 0 aliphatic carbocycles. The molecule has 0 fully saturated rings. The summed E-state index contributed by atoms with van der Waals surface area (Å²) in [6, 6.07) is 10.0. The van der Waals surface area contributed by atoms with Gasteiger partial charge in [0.05, 0.1) is 26.6 Å². The average Bonchev–Trinajstić information content (AvgIpc) is 3.14. The molecule has 12 heteroatoms. The van der Waals surface area contributed by atoms with Crippen LogP contribution in [0.5, 0.6) is 0 Å². The van der Waals surface area contributed by atoms with E-state index in [0.29, 0.717) is 23.3 Å². The molecule has 0 spiro atoms. The van der Waals surface area contributed by atoms with E-state index < -0.39 is 26.0 Å². The Kier molecular flexibility index (Phi) is 8.77. The quantitative estimate of drug-likeness (QED) is 0.401. The van der Waals surface area contributed by atoms with Gasteiger partial charge in [0.15, 0.2) is 4.80 Å². The maximum atomic E-state index is 13.2. The van der Waals surface area contributed by atoms with Gasteiger partial charge in [-0.25, -0.2) is 22.0 Å². The Morgan fingerprint density at radius 1 is 1.03 bits per heavy atom. The second-order valence-corrected chi connectivity index (χ2v) is 13.9. The van der Waals surface area contributed by atoms with Crippen molar-refractivity contribution >= 4 is 47.5 Å². The molecule has 3 aromatic rings. The first-order valence-corrected chi connectivity index (χ1v) is 15.3. The summed E-state index contributed by atoms with van der Waals surface area (Å²) in [5.41, 5.74) is 0.812. The van der Waals surface area contributed by atoms with E-state index in [0.717, 1.165) is 11.3 Å². The van der Waals surface area contributed by atoms with Crippen LogP contribution in [-0.2, 0) is 26.6 Å². The van der Waals surface area contributed by atoms with Crippen molar-refractivity contribution in [2.75, 3.05) is 13.1 Å². The first-order valence-electron chi connectivity index (χ1n) is 11.5. The molecule has 1 aromatic heterocycles. The molecule has 0 atom stereocenters. The van der Waals surface area contributed by atoms with Gasteiger partial charge >= 0.3 is 0 Å². The number of sulfonamides is 2. The number of nitrogens with zero attached hydrogens (tertiary/aromatic N) is 3. The normalized spacial score (nSPS) is 13.1. The van der Waals surface area contributed by atoms with E-state index in [1.807, 2.05) is 27.7 Å². The first kappa shape index (κ1) is 28.7. The van der Waals surface area contributed by atoms with Gasteiger partial charge in [0, 0.05) is 18.7 Å². The highest BCUT2D eigenvalue weighted by atomic mass is 32.2. The summed E-state index contributed by atoms with van der Waals surface area (Å²) in [7, 11) is -7.64. The molecule has 0 aliphatic rings. The smallest absolute Gasteiger partial charge is 0.279 e. The van der Waals surface area contributed by atoms with Crippen molar-refractivity contribution in [2.45, 2.75) is 44.0 Å². The third-order valence-corrected chi connectivity index (χ3v) is 9.10. The zero-order valence-electron chi connectivity index (χ0n) is 21.1. The van der Waals surface area contributed by atoms with Crippen LogP contribution >= 0.6 is 11.3 Å². The molecule has 0 saturated carbocycles. The van der Waals surface area contributed by atoms with Gasteiger partial charge in [0.25, 0.3) is 5.91 Å². The lowest BCUT2D eigenvalue weighted by Crippen LogP contribution is -2.37. The molecule has 2 N–H and O–H groups in total. The number of amides is 1. The predicted molar refractivity (Wildman–Crippen MR) is 145 cm³/mol. The van der Waals surface area contributed by atoms with Crippen molar-refractivity contribution in [2.24, 2.45) is 22.0 Å². The Balaban J connectivity index is 1.99. The topological polar surface area (TPSA) is 132 Å². The van der Waals surface area contributed by atoms with Crippen molar-refractivity contribution in [3.8, 4) is 12.3 Å². The molecular weight excluding hydrogens is 532 g/mol. The summed E-state index contributed by atoms with van der Waals surface area (Å²) >= 11 is 1.10. The van der Waals surface area contributed by atoms with E-state index >= 15 is 0 Å². The average molecular weight is 563 g/mol. The van der Waals surface area contributed by atoms with Crippen LogP contribution in [0.3, 0.4) is 0 Å². The summed E-state index contributed by atoms with van der Waals surface area (Å²) in [5, 5.41) is 5.23. The molecule has 2 aromatic carbocycles. The zero-order valence-corrected chi connectivity index (χ0v) is 23.5. The molecule has 0 aliphatic heterocycles. The van der Waals surface area contributed by atoms with E-state index in [-0.39, 0.29) is 38.5 Å². The zero-order chi connectivity index (χ0) is 27.5. The van der Waals surface area contributed by atoms with E-state index in [4.69, 9.17) is 11.6 Å². The number of rotatable bonds is 9. The molecule has 9 nitrogen and oxygen atoms in total. The van der Waals surface area contributed by atoms with Crippen LogP contribution in [-0.4, -0.2) is 44.7 Å². The van der Waals surface area contributed by atoms with Gasteiger partial charge < -0.3 is 4.57 Å². The summed E-state index contributed by atoms with van der Waals surface area (Å²) < 4.78 is 53.6. The SMILES string of the molecule is C#CCn1c(=NC(=O)c2ccc(S(=O)(=O)N(CC(C)C)CC(C)C)cc2)sc2cc(S(N)(=O)=O)ccc21. The minimum absolute atomic E-state index is 0.0623.